The minimum atomic E-state index is -0.812. The van der Waals surface area contributed by atoms with Gasteiger partial charge in [0.1, 0.15) is 5.92 Å². The van der Waals surface area contributed by atoms with E-state index in [2.05, 4.69) is 0 Å². The molecule has 5 nitrogen and oxygen atoms in total. The van der Waals surface area contributed by atoms with Crippen LogP contribution in [0.5, 0.6) is 0 Å². The Kier molecular flexibility index (Phi) is 4.60. The quantitative estimate of drug-likeness (QED) is 0.623. The van der Waals surface area contributed by atoms with E-state index in [4.69, 9.17) is 4.84 Å². The van der Waals surface area contributed by atoms with Gasteiger partial charge in [0.25, 0.3) is 5.91 Å². The van der Waals surface area contributed by atoms with Crippen molar-refractivity contribution in [2.24, 2.45) is 5.92 Å². The summed E-state index contributed by atoms with van der Waals surface area (Å²) >= 11 is 0. The Hall–Kier alpha value is -3.44. The second kappa shape index (κ2) is 7.43. The highest BCUT2D eigenvalue weighted by atomic mass is 16.7. The third-order valence-corrected chi connectivity index (χ3v) is 5.82. The number of carbonyl (C=O) groups is 2. The molecule has 2 heterocycles. The molecule has 5 rings (SSSR count). The molecule has 2 amide bonds. The first-order valence-corrected chi connectivity index (χ1v) is 10.1. The average Bonchev–Trinajstić information content (AvgIpc) is 3.28. The second-order valence-electron chi connectivity index (χ2n) is 7.82. The summed E-state index contributed by atoms with van der Waals surface area (Å²) in [5, 5.41) is 1.73. The fourth-order valence-electron chi connectivity index (χ4n) is 4.29. The predicted octanol–water partition coefficient (Wildman–Crippen LogP) is 4.04. The van der Waals surface area contributed by atoms with Gasteiger partial charge in [-0.1, -0.05) is 78.4 Å². The number of hydroxylamine groups is 1. The molecule has 0 aliphatic carbocycles. The van der Waals surface area contributed by atoms with Crippen LogP contribution in [0.25, 0.3) is 0 Å². The Morgan fingerprint density at radius 1 is 0.800 bits per heavy atom. The third-order valence-electron chi connectivity index (χ3n) is 5.82. The molecule has 5 heteroatoms. The lowest BCUT2D eigenvalue weighted by molar-refractivity contribution is -0.143. The zero-order valence-corrected chi connectivity index (χ0v) is 16.6. The molecular weight excluding hydrogens is 376 g/mol. The van der Waals surface area contributed by atoms with Gasteiger partial charge in [-0.25, -0.2) is 5.06 Å². The van der Waals surface area contributed by atoms with Gasteiger partial charge in [0, 0.05) is 0 Å². The summed E-state index contributed by atoms with van der Waals surface area (Å²) in [5.74, 6) is -1.04. The van der Waals surface area contributed by atoms with Crippen LogP contribution in [0.4, 0.5) is 5.69 Å². The average molecular weight is 398 g/mol. The first-order valence-electron chi connectivity index (χ1n) is 10.1. The Bertz CT molecular complexity index is 1070. The van der Waals surface area contributed by atoms with Gasteiger partial charge in [0.2, 0.25) is 5.91 Å². The molecule has 2 aliphatic heterocycles. The number of fused-ring (bicyclic) bond motifs is 1. The van der Waals surface area contributed by atoms with Crippen LogP contribution < -0.4 is 5.06 Å². The molecule has 0 aromatic heterocycles. The maximum absolute atomic E-state index is 13.4. The minimum Gasteiger partial charge on any atom is -0.275 e. The number of imide groups is 1. The molecule has 0 bridgehead atoms. The van der Waals surface area contributed by atoms with Crippen molar-refractivity contribution in [1.29, 1.82) is 0 Å². The number of likely N-dealkylation sites (tertiary alicyclic amines) is 1. The normalized spacial score (nSPS) is 23.2. The van der Waals surface area contributed by atoms with E-state index in [0.717, 1.165) is 22.4 Å². The lowest BCUT2D eigenvalue weighted by Crippen LogP contribution is -2.36. The van der Waals surface area contributed by atoms with Crippen molar-refractivity contribution in [2.45, 2.75) is 25.6 Å². The number of rotatable bonds is 4. The maximum atomic E-state index is 13.4. The third kappa shape index (κ3) is 3.08. The smallest absolute Gasteiger partial charge is 0.262 e. The van der Waals surface area contributed by atoms with E-state index in [1.54, 1.807) is 5.06 Å². The number of nitrogens with zero attached hydrogens (tertiary/aromatic N) is 2. The van der Waals surface area contributed by atoms with E-state index in [-0.39, 0.29) is 24.4 Å². The van der Waals surface area contributed by atoms with Crippen LogP contribution in [0.3, 0.4) is 0 Å². The minimum absolute atomic E-state index is 0.183. The van der Waals surface area contributed by atoms with Crippen molar-refractivity contribution in [3.8, 4) is 0 Å². The highest BCUT2D eigenvalue weighted by molar-refractivity contribution is 6.07. The number of benzene rings is 3. The lowest BCUT2D eigenvalue weighted by atomic mass is 9.90. The van der Waals surface area contributed by atoms with Gasteiger partial charge in [-0.3, -0.25) is 19.3 Å². The number of hydrogen-bond donors (Lipinski definition) is 0. The molecule has 2 fully saturated rings. The van der Waals surface area contributed by atoms with Crippen LogP contribution in [0.2, 0.25) is 0 Å². The number of anilines is 1. The molecule has 150 valence electrons. The highest BCUT2D eigenvalue weighted by Crippen LogP contribution is 2.46. The van der Waals surface area contributed by atoms with E-state index < -0.39 is 12.0 Å². The number of carbonyl (C=O) groups excluding carboxylic acids is 2. The molecule has 0 N–H and O–H groups in total. The molecule has 0 spiro atoms. The molecule has 2 aliphatic rings. The Morgan fingerprint density at radius 2 is 1.43 bits per heavy atom. The first-order chi connectivity index (χ1) is 14.6. The van der Waals surface area contributed by atoms with Gasteiger partial charge < -0.3 is 0 Å². The van der Waals surface area contributed by atoms with Gasteiger partial charge in [-0.05, 0) is 30.2 Å². The molecule has 0 saturated carbocycles. The standard InChI is InChI=1S/C25H22N2O3/c1-17-12-14-19(15-13-17)22-21-23(30-27(22)20-10-6-3-7-11-20)25(29)26(24(21)28)16-18-8-4-2-5-9-18/h2-15,21-23H,16H2,1H3/t21-,22-,23+/m0/s1. The number of amides is 2. The first kappa shape index (κ1) is 18.6. The molecule has 3 aromatic rings. The Labute approximate surface area is 175 Å². The largest absolute Gasteiger partial charge is 0.275 e. The Balaban J connectivity index is 1.52. The van der Waals surface area contributed by atoms with Crippen LogP contribution in [0.15, 0.2) is 84.9 Å². The van der Waals surface area contributed by atoms with Crippen molar-refractivity contribution in [3.05, 3.63) is 102 Å². The lowest BCUT2D eigenvalue weighted by Gasteiger charge is -2.28. The van der Waals surface area contributed by atoms with Crippen LogP contribution in [0.1, 0.15) is 22.7 Å². The molecule has 0 unspecified atom stereocenters. The van der Waals surface area contributed by atoms with Crippen molar-refractivity contribution in [2.75, 3.05) is 5.06 Å². The Morgan fingerprint density at radius 3 is 2.10 bits per heavy atom. The number of hydrogen-bond acceptors (Lipinski definition) is 4. The summed E-state index contributed by atoms with van der Waals surface area (Å²) in [7, 11) is 0. The van der Waals surface area contributed by atoms with E-state index in [9.17, 15) is 9.59 Å². The fourth-order valence-corrected chi connectivity index (χ4v) is 4.29. The van der Waals surface area contributed by atoms with Crippen molar-refractivity contribution in [1.82, 2.24) is 4.90 Å². The van der Waals surface area contributed by atoms with Crippen LogP contribution >= 0.6 is 0 Å². The van der Waals surface area contributed by atoms with Crippen LogP contribution in [0, 0.1) is 12.8 Å². The van der Waals surface area contributed by atoms with E-state index in [1.807, 2.05) is 91.9 Å². The summed E-state index contributed by atoms with van der Waals surface area (Å²) in [6.07, 6.45) is -0.812. The zero-order chi connectivity index (χ0) is 20.7. The van der Waals surface area contributed by atoms with Gasteiger partial charge in [-0.2, -0.15) is 0 Å². The maximum Gasteiger partial charge on any atom is 0.262 e. The monoisotopic (exact) mass is 398 g/mol. The zero-order valence-electron chi connectivity index (χ0n) is 16.6. The molecule has 30 heavy (non-hydrogen) atoms. The van der Waals surface area contributed by atoms with Crippen molar-refractivity contribution >= 4 is 17.5 Å². The van der Waals surface area contributed by atoms with Gasteiger partial charge in [-0.15, -0.1) is 0 Å². The molecule has 3 aromatic carbocycles. The van der Waals surface area contributed by atoms with Crippen molar-refractivity contribution in [3.63, 3.8) is 0 Å². The van der Waals surface area contributed by atoms with Gasteiger partial charge in [0.15, 0.2) is 6.10 Å². The van der Waals surface area contributed by atoms with Gasteiger partial charge in [0.05, 0.1) is 18.3 Å². The summed E-state index contributed by atoms with van der Waals surface area (Å²) in [4.78, 5) is 34.1. The number of para-hydroxylation sites is 1. The van der Waals surface area contributed by atoms with E-state index in [1.165, 1.54) is 4.90 Å². The highest BCUT2D eigenvalue weighted by Gasteiger charge is 2.59. The van der Waals surface area contributed by atoms with Gasteiger partial charge >= 0.3 is 0 Å². The topological polar surface area (TPSA) is 49.9 Å². The second-order valence-corrected chi connectivity index (χ2v) is 7.82. The fraction of sp³-hybridized carbons (Fsp3) is 0.200. The number of aryl methyl sites for hydroxylation is 1. The van der Waals surface area contributed by atoms with E-state index >= 15 is 0 Å². The van der Waals surface area contributed by atoms with Crippen LogP contribution in [-0.4, -0.2) is 22.8 Å². The molecular formula is C25H22N2O3. The predicted molar refractivity (Wildman–Crippen MR) is 113 cm³/mol. The summed E-state index contributed by atoms with van der Waals surface area (Å²) in [5.41, 5.74) is 3.85. The van der Waals surface area contributed by atoms with E-state index in [0.29, 0.717) is 0 Å². The summed E-state index contributed by atoms with van der Waals surface area (Å²) in [6, 6.07) is 26.9. The SMILES string of the molecule is Cc1ccc([C@H]2[C@@H]3C(=O)N(Cc4ccccc4)C(=O)[C@@H]3ON2c2ccccc2)cc1. The van der Waals surface area contributed by atoms with Crippen molar-refractivity contribution < 1.29 is 14.4 Å². The molecule has 0 radical (unpaired) electrons. The van der Waals surface area contributed by atoms with Crippen LogP contribution in [-0.2, 0) is 21.0 Å². The molecule has 2 saturated heterocycles. The summed E-state index contributed by atoms with van der Waals surface area (Å²) < 4.78 is 0. The molecule has 3 atom stereocenters. The summed E-state index contributed by atoms with van der Waals surface area (Å²) in [6.45, 7) is 2.29.